The molecule has 0 saturated carbocycles. The lowest BCUT2D eigenvalue weighted by molar-refractivity contribution is -0.119. The number of rotatable bonds is 5. The van der Waals surface area contributed by atoms with E-state index in [4.69, 9.17) is 11.1 Å². The van der Waals surface area contributed by atoms with Crippen molar-refractivity contribution in [2.45, 2.75) is 33.1 Å². The van der Waals surface area contributed by atoms with Gasteiger partial charge in [0.15, 0.2) is 0 Å². The van der Waals surface area contributed by atoms with Crippen molar-refractivity contribution in [1.29, 1.82) is 5.41 Å². The summed E-state index contributed by atoms with van der Waals surface area (Å²) >= 11 is 0. The van der Waals surface area contributed by atoms with Crippen molar-refractivity contribution >= 4 is 11.6 Å². The molecule has 0 aromatic rings. The van der Waals surface area contributed by atoms with E-state index in [9.17, 15) is 4.79 Å². The van der Waals surface area contributed by atoms with Crippen LogP contribution in [0.2, 0.25) is 0 Å². The molecule has 0 spiro atoms. The van der Waals surface area contributed by atoms with Crippen molar-refractivity contribution in [2.75, 3.05) is 0 Å². The summed E-state index contributed by atoms with van der Waals surface area (Å²) in [6.45, 7) is 3.86. The van der Waals surface area contributed by atoms with Crippen LogP contribution in [0.4, 0.5) is 0 Å². The van der Waals surface area contributed by atoms with Crippen LogP contribution < -0.4 is 5.73 Å². The fraction of sp³-hybridized carbons (Fsp3) is 0.750. The highest BCUT2D eigenvalue weighted by molar-refractivity contribution is 6.01. The largest absolute Gasteiger partial charge is 0.369 e. The summed E-state index contributed by atoms with van der Waals surface area (Å²) in [6, 6.07) is 0. The molecule has 0 heterocycles. The van der Waals surface area contributed by atoms with Crippen LogP contribution in [0, 0.1) is 11.3 Å². The zero-order chi connectivity index (χ0) is 8.85. The highest BCUT2D eigenvalue weighted by Crippen LogP contribution is 2.07. The van der Waals surface area contributed by atoms with E-state index in [1.807, 2.05) is 13.8 Å². The van der Waals surface area contributed by atoms with Gasteiger partial charge in [-0.3, -0.25) is 4.79 Å². The van der Waals surface area contributed by atoms with Gasteiger partial charge in [-0.2, -0.15) is 0 Å². The maximum atomic E-state index is 10.7. The van der Waals surface area contributed by atoms with Gasteiger partial charge < -0.3 is 11.1 Å². The van der Waals surface area contributed by atoms with Gasteiger partial charge in [0.2, 0.25) is 5.91 Å². The van der Waals surface area contributed by atoms with Crippen LogP contribution in [0.3, 0.4) is 0 Å². The second-order valence-corrected chi connectivity index (χ2v) is 2.64. The normalized spacial score (nSPS) is 12.5. The molecular formula is C8H16N2O. The van der Waals surface area contributed by atoms with Crippen molar-refractivity contribution in [3.63, 3.8) is 0 Å². The number of hydrogen-bond acceptors (Lipinski definition) is 2. The monoisotopic (exact) mass is 156 g/mol. The third-order valence-electron chi connectivity index (χ3n) is 1.69. The molecule has 11 heavy (non-hydrogen) atoms. The van der Waals surface area contributed by atoms with Crippen molar-refractivity contribution in [1.82, 2.24) is 0 Å². The zero-order valence-corrected chi connectivity index (χ0v) is 7.18. The number of primary amides is 1. The molecular weight excluding hydrogens is 140 g/mol. The van der Waals surface area contributed by atoms with Crippen LogP contribution in [-0.4, -0.2) is 11.6 Å². The van der Waals surface area contributed by atoms with Gasteiger partial charge in [-0.25, -0.2) is 0 Å². The standard InChI is InChI=1S/C8H16N2O/c1-3-5-7(9)6(4-2)8(10)11/h6,9H,3-5H2,1-2H3,(H2,10,11). The van der Waals surface area contributed by atoms with E-state index in [0.29, 0.717) is 18.6 Å². The first-order chi connectivity index (χ1) is 5.13. The highest BCUT2D eigenvalue weighted by atomic mass is 16.1. The molecule has 3 heteroatoms. The van der Waals surface area contributed by atoms with Crippen LogP contribution >= 0.6 is 0 Å². The summed E-state index contributed by atoms with van der Waals surface area (Å²) in [7, 11) is 0. The predicted molar refractivity (Wildman–Crippen MR) is 45.6 cm³/mol. The lowest BCUT2D eigenvalue weighted by Crippen LogP contribution is -2.29. The Kier molecular flexibility index (Phi) is 4.50. The third-order valence-corrected chi connectivity index (χ3v) is 1.69. The molecule has 0 aromatic heterocycles. The minimum atomic E-state index is -0.369. The number of nitrogens with two attached hydrogens (primary N) is 1. The quantitative estimate of drug-likeness (QED) is 0.579. The Hall–Kier alpha value is -0.860. The van der Waals surface area contributed by atoms with E-state index in [1.165, 1.54) is 0 Å². The average Bonchev–Trinajstić information content (AvgIpc) is 1.88. The molecule has 1 amide bonds. The van der Waals surface area contributed by atoms with Crippen LogP contribution in [0.5, 0.6) is 0 Å². The molecule has 0 bridgehead atoms. The molecule has 0 rings (SSSR count). The fourth-order valence-corrected chi connectivity index (χ4v) is 1.06. The second kappa shape index (κ2) is 4.88. The Morgan fingerprint density at radius 3 is 2.36 bits per heavy atom. The summed E-state index contributed by atoms with van der Waals surface area (Å²) < 4.78 is 0. The van der Waals surface area contributed by atoms with Crippen molar-refractivity contribution in [3.8, 4) is 0 Å². The molecule has 3 nitrogen and oxygen atoms in total. The number of hydrogen-bond donors (Lipinski definition) is 2. The Balaban J connectivity index is 4.03. The zero-order valence-electron chi connectivity index (χ0n) is 7.18. The van der Waals surface area contributed by atoms with Gasteiger partial charge in [-0.1, -0.05) is 20.3 Å². The van der Waals surface area contributed by atoms with Gasteiger partial charge >= 0.3 is 0 Å². The van der Waals surface area contributed by atoms with Crippen LogP contribution in [0.25, 0.3) is 0 Å². The Labute approximate surface area is 67.5 Å². The maximum absolute atomic E-state index is 10.7. The lowest BCUT2D eigenvalue weighted by Gasteiger charge is -2.10. The van der Waals surface area contributed by atoms with Gasteiger partial charge in [0.25, 0.3) is 0 Å². The Morgan fingerprint density at radius 2 is 2.09 bits per heavy atom. The molecule has 3 N–H and O–H groups in total. The van der Waals surface area contributed by atoms with E-state index in [-0.39, 0.29) is 11.8 Å². The summed E-state index contributed by atoms with van der Waals surface area (Å²) in [5, 5.41) is 7.48. The SMILES string of the molecule is CCCC(=N)C(CC)C(N)=O. The van der Waals surface area contributed by atoms with Gasteiger partial charge in [0.1, 0.15) is 0 Å². The average molecular weight is 156 g/mol. The number of amides is 1. The van der Waals surface area contributed by atoms with Crippen molar-refractivity contribution in [3.05, 3.63) is 0 Å². The first-order valence-corrected chi connectivity index (χ1v) is 4.00. The first-order valence-electron chi connectivity index (χ1n) is 4.00. The van der Waals surface area contributed by atoms with E-state index in [2.05, 4.69) is 0 Å². The highest BCUT2D eigenvalue weighted by Gasteiger charge is 2.16. The summed E-state index contributed by atoms with van der Waals surface area (Å²) in [5.41, 5.74) is 5.57. The summed E-state index contributed by atoms with van der Waals surface area (Å²) in [4.78, 5) is 10.7. The van der Waals surface area contributed by atoms with Gasteiger partial charge in [0, 0.05) is 5.71 Å². The predicted octanol–water partition coefficient (Wildman–Crippen LogP) is 1.32. The number of carbonyl (C=O) groups is 1. The topological polar surface area (TPSA) is 66.9 Å². The van der Waals surface area contributed by atoms with Crippen molar-refractivity contribution in [2.24, 2.45) is 11.7 Å². The molecule has 1 atom stereocenters. The molecule has 0 aromatic carbocycles. The van der Waals surface area contributed by atoms with Gasteiger partial charge in [0.05, 0.1) is 5.92 Å². The van der Waals surface area contributed by atoms with E-state index < -0.39 is 0 Å². The summed E-state index contributed by atoms with van der Waals surface area (Å²) in [5.74, 6) is -0.708. The number of nitrogens with one attached hydrogen (secondary N) is 1. The summed E-state index contributed by atoms with van der Waals surface area (Å²) in [6.07, 6.45) is 2.23. The molecule has 0 aliphatic carbocycles. The molecule has 64 valence electrons. The van der Waals surface area contributed by atoms with Crippen LogP contribution in [0.1, 0.15) is 33.1 Å². The molecule has 0 radical (unpaired) electrons. The van der Waals surface area contributed by atoms with E-state index in [0.717, 1.165) is 6.42 Å². The molecule has 0 saturated heterocycles. The third kappa shape index (κ3) is 3.16. The second-order valence-electron chi connectivity index (χ2n) is 2.64. The lowest BCUT2D eigenvalue weighted by atomic mass is 9.96. The fourth-order valence-electron chi connectivity index (χ4n) is 1.06. The number of carbonyl (C=O) groups excluding carboxylic acids is 1. The molecule has 1 unspecified atom stereocenters. The van der Waals surface area contributed by atoms with Gasteiger partial charge in [-0.15, -0.1) is 0 Å². The maximum Gasteiger partial charge on any atom is 0.226 e. The van der Waals surface area contributed by atoms with E-state index in [1.54, 1.807) is 0 Å². The first kappa shape index (κ1) is 10.1. The molecule has 0 fully saturated rings. The minimum Gasteiger partial charge on any atom is -0.369 e. The van der Waals surface area contributed by atoms with E-state index >= 15 is 0 Å². The van der Waals surface area contributed by atoms with Crippen molar-refractivity contribution < 1.29 is 4.79 Å². The van der Waals surface area contributed by atoms with Crippen LogP contribution in [0.15, 0.2) is 0 Å². The minimum absolute atomic E-state index is 0.338. The van der Waals surface area contributed by atoms with Crippen LogP contribution in [-0.2, 0) is 4.79 Å². The molecule has 0 aliphatic rings. The Bertz CT molecular complexity index is 154. The van der Waals surface area contributed by atoms with Gasteiger partial charge in [-0.05, 0) is 12.8 Å². The smallest absolute Gasteiger partial charge is 0.226 e. The molecule has 0 aliphatic heterocycles. The Morgan fingerprint density at radius 1 is 1.55 bits per heavy atom.